The number of aryl methyl sites for hydroxylation is 1. The van der Waals surface area contributed by atoms with Crippen LogP contribution in [-0.4, -0.2) is 17.1 Å². The van der Waals surface area contributed by atoms with E-state index in [4.69, 9.17) is 10.8 Å². The van der Waals surface area contributed by atoms with Gasteiger partial charge >= 0.3 is 5.97 Å². The normalized spacial score (nSPS) is 12.4. The molecule has 0 fully saturated rings. The van der Waals surface area contributed by atoms with Crippen molar-refractivity contribution in [3.8, 4) is 0 Å². The second-order valence-electron chi connectivity index (χ2n) is 3.64. The summed E-state index contributed by atoms with van der Waals surface area (Å²) in [6, 6.07) is 5.15. The van der Waals surface area contributed by atoms with Crippen molar-refractivity contribution in [3.05, 3.63) is 29.3 Å². The predicted octanol–water partition coefficient (Wildman–Crippen LogP) is 1.14. The van der Waals surface area contributed by atoms with Crippen molar-refractivity contribution in [1.29, 1.82) is 0 Å². The Labute approximate surface area is 89.1 Å². The Morgan fingerprint density at radius 2 is 2.27 bits per heavy atom. The number of carboxylic acid groups (broad SMARTS) is 1. The zero-order valence-electron chi connectivity index (χ0n) is 8.95. The molecule has 0 radical (unpaired) electrons. The van der Waals surface area contributed by atoms with Gasteiger partial charge in [0, 0.05) is 12.2 Å². The molecule has 15 heavy (non-hydrogen) atoms. The van der Waals surface area contributed by atoms with Crippen molar-refractivity contribution in [2.75, 3.05) is 5.73 Å². The first-order valence-electron chi connectivity index (χ1n) is 4.82. The van der Waals surface area contributed by atoms with E-state index in [0.29, 0.717) is 12.2 Å². The Morgan fingerprint density at radius 3 is 2.87 bits per heavy atom. The van der Waals surface area contributed by atoms with Crippen molar-refractivity contribution in [3.63, 3.8) is 0 Å². The molecule has 0 bridgehead atoms. The van der Waals surface area contributed by atoms with Gasteiger partial charge in [-0.3, -0.25) is 4.79 Å². The summed E-state index contributed by atoms with van der Waals surface area (Å²) in [6.07, 6.45) is 0. The van der Waals surface area contributed by atoms with Gasteiger partial charge in [-0.1, -0.05) is 17.7 Å². The molecule has 4 heteroatoms. The van der Waals surface area contributed by atoms with Crippen LogP contribution in [0.1, 0.15) is 18.1 Å². The third-order valence-electron chi connectivity index (χ3n) is 2.27. The summed E-state index contributed by atoms with van der Waals surface area (Å²) in [5.74, 6) is -0.860. The van der Waals surface area contributed by atoms with Gasteiger partial charge in [0.25, 0.3) is 0 Å². The van der Waals surface area contributed by atoms with Crippen LogP contribution in [-0.2, 0) is 11.3 Å². The maximum Gasteiger partial charge on any atom is 0.320 e. The molecule has 0 aliphatic rings. The minimum atomic E-state index is -0.860. The minimum Gasteiger partial charge on any atom is -0.480 e. The zero-order chi connectivity index (χ0) is 11.4. The quantitative estimate of drug-likeness (QED) is 0.648. The fraction of sp³-hybridized carbons (Fsp3) is 0.364. The Kier molecular flexibility index (Phi) is 3.68. The van der Waals surface area contributed by atoms with E-state index in [1.807, 2.05) is 25.1 Å². The molecule has 0 saturated heterocycles. The van der Waals surface area contributed by atoms with Gasteiger partial charge in [0.1, 0.15) is 6.04 Å². The number of nitrogens with two attached hydrogens (primary N) is 1. The molecule has 4 N–H and O–H groups in total. The lowest BCUT2D eigenvalue weighted by molar-refractivity contribution is -0.139. The number of hydrogen-bond donors (Lipinski definition) is 3. The molecule has 1 aromatic carbocycles. The van der Waals surface area contributed by atoms with Gasteiger partial charge in [-0.2, -0.15) is 0 Å². The largest absolute Gasteiger partial charge is 0.480 e. The van der Waals surface area contributed by atoms with Gasteiger partial charge in [0.05, 0.1) is 0 Å². The molecule has 1 atom stereocenters. The molecule has 0 aliphatic heterocycles. The van der Waals surface area contributed by atoms with Crippen LogP contribution in [0, 0.1) is 6.92 Å². The highest BCUT2D eigenvalue weighted by atomic mass is 16.4. The van der Waals surface area contributed by atoms with E-state index in [1.165, 1.54) is 0 Å². The van der Waals surface area contributed by atoms with Crippen LogP contribution in [0.4, 0.5) is 5.69 Å². The van der Waals surface area contributed by atoms with Gasteiger partial charge in [-0.15, -0.1) is 0 Å². The summed E-state index contributed by atoms with van der Waals surface area (Å²) >= 11 is 0. The number of aliphatic carboxylic acids is 1. The molecule has 0 unspecified atom stereocenters. The van der Waals surface area contributed by atoms with Crippen LogP contribution in [0.2, 0.25) is 0 Å². The molecule has 1 rings (SSSR count). The van der Waals surface area contributed by atoms with Gasteiger partial charge in [-0.05, 0) is 25.5 Å². The number of hydrogen-bond acceptors (Lipinski definition) is 3. The van der Waals surface area contributed by atoms with E-state index >= 15 is 0 Å². The average Bonchev–Trinajstić information content (AvgIpc) is 2.18. The van der Waals surface area contributed by atoms with E-state index in [9.17, 15) is 4.79 Å². The van der Waals surface area contributed by atoms with Crippen LogP contribution in [0.15, 0.2) is 18.2 Å². The molecule has 0 saturated carbocycles. The van der Waals surface area contributed by atoms with Crippen molar-refractivity contribution >= 4 is 11.7 Å². The molecule has 0 aliphatic carbocycles. The van der Waals surface area contributed by atoms with Crippen molar-refractivity contribution in [2.45, 2.75) is 26.4 Å². The number of benzene rings is 1. The second kappa shape index (κ2) is 4.79. The smallest absolute Gasteiger partial charge is 0.320 e. The highest BCUT2D eigenvalue weighted by molar-refractivity contribution is 5.72. The van der Waals surface area contributed by atoms with Gasteiger partial charge in [-0.25, -0.2) is 0 Å². The summed E-state index contributed by atoms with van der Waals surface area (Å²) < 4.78 is 0. The van der Waals surface area contributed by atoms with Crippen LogP contribution in [0.5, 0.6) is 0 Å². The molecule has 82 valence electrons. The summed E-state index contributed by atoms with van der Waals surface area (Å²) in [5.41, 5.74) is 8.50. The standard InChI is InChI=1S/C11H16N2O2/c1-7-3-4-10(12)9(5-7)6-13-8(2)11(14)15/h3-5,8,13H,6,12H2,1-2H3,(H,14,15)/t8-/m1/s1. The van der Waals surface area contributed by atoms with Crippen molar-refractivity contribution in [1.82, 2.24) is 5.32 Å². The molecule has 1 aromatic rings. The summed E-state index contributed by atoms with van der Waals surface area (Å²) in [6.45, 7) is 4.05. The predicted molar refractivity (Wildman–Crippen MR) is 59.5 cm³/mol. The van der Waals surface area contributed by atoms with E-state index in [2.05, 4.69) is 5.32 Å². The zero-order valence-corrected chi connectivity index (χ0v) is 8.95. The first-order valence-corrected chi connectivity index (χ1v) is 4.82. The van der Waals surface area contributed by atoms with Gasteiger partial charge in [0.15, 0.2) is 0 Å². The first-order chi connectivity index (χ1) is 7.00. The minimum absolute atomic E-state index is 0.473. The Hall–Kier alpha value is -1.55. The Morgan fingerprint density at radius 1 is 1.60 bits per heavy atom. The Bertz CT molecular complexity index is 364. The lowest BCUT2D eigenvalue weighted by Crippen LogP contribution is -2.33. The van der Waals surface area contributed by atoms with E-state index < -0.39 is 12.0 Å². The summed E-state index contributed by atoms with van der Waals surface area (Å²) in [5, 5.41) is 11.6. The van der Waals surface area contributed by atoms with E-state index in [-0.39, 0.29) is 0 Å². The maximum absolute atomic E-state index is 10.6. The van der Waals surface area contributed by atoms with Crippen LogP contribution < -0.4 is 11.1 Å². The number of nitrogen functional groups attached to an aromatic ring is 1. The van der Waals surface area contributed by atoms with Crippen LogP contribution >= 0.6 is 0 Å². The number of carboxylic acids is 1. The van der Waals surface area contributed by atoms with Gasteiger partial charge < -0.3 is 16.2 Å². The second-order valence-corrected chi connectivity index (χ2v) is 3.64. The lowest BCUT2D eigenvalue weighted by atomic mass is 10.1. The number of nitrogens with one attached hydrogen (secondary N) is 1. The lowest BCUT2D eigenvalue weighted by Gasteiger charge is -2.11. The SMILES string of the molecule is Cc1ccc(N)c(CN[C@H](C)C(=O)O)c1. The fourth-order valence-electron chi connectivity index (χ4n) is 1.24. The highest BCUT2D eigenvalue weighted by Gasteiger charge is 2.10. The molecular formula is C11H16N2O2. The third kappa shape index (κ3) is 3.25. The molecule has 0 spiro atoms. The molecule has 0 heterocycles. The number of rotatable bonds is 4. The van der Waals surface area contributed by atoms with E-state index in [1.54, 1.807) is 6.92 Å². The molecule has 0 aromatic heterocycles. The maximum atomic E-state index is 10.6. The fourth-order valence-corrected chi connectivity index (χ4v) is 1.24. The average molecular weight is 208 g/mol. The summed E-state index contributed by atoms with van der Waals surface area (Å²) in [4.78, 5) is 10.6. The monoisotopic (exact) mass is 208 g/mol. The third-order valence-corrected chi connectivity index (χ3v) is 2.27. The van der Waals surface area contributed by atoms with Crippen molar-refractivity contribution < 1.29 is 9.90 Å². The van der Waals surface area contributed by atoms with Crippen LogP contribution in [0.3, 0.4) is 0 Å². The topological polar surface area (TPSA) is 75.3 Å². The van der Waals surface area contributed by atoms with E-state index in [0.717, 1.165) is 11.1 Å². The molecule has 0 amide bonds. The van der Waals surface area contributed by atoms with Gasteiger partial charge in [0.2, 0.25) is 0 Å². The highest BCUT2D eigenvalue weighted by Crippen LogP contribution is 2.13. The van der Waals surface area contributed by atoms with Crippen molar-refractivity contribution in [2.24, 2.45) is 0 Å². The number of carbonyl (C=O) groups is 1. The Balaban J connectivity index is 2.65. The first kappa shape index (κ1) is 11.5. The number of anilines is 1. The summed E-state index contributed by atoms with van der Waals surface area (Å²) in [7, 11) is 0. The molecule has 4 nitrogen and oxygen atoms in total. The van der Waals surface area contributed by atoms with Crippen LogP contribution in [0.25, 0.3) is 0 Å². The molecular weight excluding hydrogens is 192 g/mol.